The highest BCUT2D eigenvalue weighted by Gasteiger charge is 2.45. The van der Waals surface area contributed by atoms with Crippen molar-refractivity contribution in [2.24, 2.45) is 10.8 Å². The fraction of sp³-hybridized carbons (Fsp3) is 1.00. The molecule has 1 saturated carbocycles. The van der Waals surface area contributed by atoms with E-state index < -0.39 is 0 Å². The van der Waals surface area contributed by atoms with E-state index in [1.807, 2.05) is 0 Å². The molecule has 0 amide bonds. The van der Waals surface area contributed by atoms with Crippen molar-refractivity contribution in [1.29, 1.82) is 0 Å². The van der Waals surface area contributed by atoms with E-state index in [1.165, 1.54) is 25.8 Å². The van der Waals surface area contributed by atoms with Gasteiger partial charge in [-0.1, -0.05) is 20.8 Å². The zero-order valence-corrected chi connectivity index (χ0v) is 7.91. The van der Waals surface area contributed by atoms with Gasteiger partial charge < -0.3 is 5.32 Å². The summed E-state index contributed by atoms with van der Waals surface area (Å²) in [6, 6.07) is 0.823. The molecule has 2 atom stereocenters. The molecule has 1 nitrogen and oxygen atoms in total. The molecular formula is C10H19N. The first-order chi connectivity index (χ1) is 4.99. The van der Waals surface area contributed by atoms with Gasteiger partial charge in [-0.25, -0.2) is 0 Å². The van der Waals surface area contributed by atoms with Crippen LogP contribution in [0.25, 0.3) is 0 Å². The van der Waals surface area contributed by atoms with E-state index in [1.54, 1.807) is 0 Å². The smallest absolute Gasteiger partial charge is 0.00780 e. The van der Waals surface area contributed by atoms with Gasteiger partial charge in [0.25, 0.3) is 0 Å². The zero-order valence-electron chi connectivity index (χ0n) is 7.91. The predicted octanol–water partition coefficient (Wildman–Crippen LogP) is 2.17. The van der Waals surface area contributed by atoms with Crippen LogP contribution in [-0.4, -0.2) is 12.6 Å². The highest BCUT2D eigenvalue weighted by atomic mass is 15.0. The molecule has 1 N–H and O–H groups in total. The van der Waals surface area contributed by atoms with E-state index in [4.69, 9.17) is 0 Å². The van der Waals surface area contributed by atoms with Crippen molar-refractivity contribution in [1.82, 2.24) is 5.32 Å². The Morgan fingerprint density at radius 2 is 1.91 bits per heavy atom. The fourth-order valence-electron chi connectivity index (χ4n) is 3.30. The molecule has 1 saturated heterocycles. The molecule has 1 heteroatoms. The second-order valence-electron chi connectivity index (χ2n) is 5.64. The van der Waals surface area contributed by atoms with Gasteiger partial charge in [-0.3, -0.25) is 0 Å². The minimum Gasteiger partial charge on any atom is -0.313 e. The van der Waals surface area contributed by atoms with Crippen molar-refractivity contribution in [2.75, 3.05) is 6.54 Å². The topological polar surface area (TPSA) is 12.0 Å². The van der Waals surface area contributed by atoms with Crippen LogP contribution in [-0.2, 0) is 0 Å². The van der Waals surface area contributed by atoms with Gasteiger partial charge in [-0.2, -0.15) is 0 Å². The van der Waals surface area contributed by atoms with E-state index >= 15 is 0 Å². The summed E-state index contributed by atoms with van der Waals surface area (Å²) in [5, 5.41) is 3.61. The zero-order chi connectivity index (χ0) is 8.11. The molecule has 0 aromatic carbocycles. The summed E-state index contributed by atoms with van der Waals surface area (Å²) in [6.07, 6.45) is 4.20. The predicted molar refractivity (Wildman–Crippen MR) is 47.5 cm³/mol. The normalized spacial score (nSPS) is 47.7. The standard InChI is InChI=1S/C10H19N/c1-9(2)4-8-5-10(3,6-9)7-11-8/h8,11H,4-7H2,1-3H3/t8-,10-/m1/s1. The van der Waals surface area contributed by atoms with Crippen LogP contribution in [0.5, 0.6) is 0 Å². The first-order valence-electron chi connectivity index (χ1n) is 4.73. The molecule has 1 heterocycles. The summed E-state index contributed by atoms with van der Waals surface area (Å²) in [5.41, 5.74) is 1.20. The molecule has 0 aromatic rings. The van der Waals surface area contributed by atoms with Gasteiger partial charge >= 0.3 is 0 Å². The highest BCUT2D eigenvalue weighted by molar-refractivity contribution is 5.00. The fourth-order valence-corrected chi connectivity index (χ4v) is 3.30. The van der Waals surface area contributed by atoms with E-state index in [2.05, 4.69) is 26.1 Å². The minimum atomic E-state index is 0.584. The Hall–Kier alpha value is -0.0400. The molecule has 1 aliphatic heterocycles. The summed E-state index contributed by atoms with van der Waals surface area (Å²) in [7, 11) is 0. The van der Waals surface area contributed by atoms with Gasteiger partial charge in [0.1, 0.15) is 0 Å². The van der Waals surface area contributed by atoms with Crippen LogP contribution in [0.2, 0.25) is 0 Å². The second-order valence-corrected chi connectivity index (χ2v) is 5.64. The SMILES string of the molecule is CC1(C)C[C@@H]2C[C@@](C)(CN2)C1. The van der Waals surface area contributed by atoms with Gasteiger partial charge in [0.15, 0.2) is 0 Å². The lowest BCUT2D eigenvalue weighted by molar-refractivity contribution is 0.135. The van der Waals surface area contributed by atoms with Crippen LogP contribution in [0.15, 0.2) is 0 Å². The van der Waals surface area contributed by atoms with Gasteiger partial charge in [0, 0.05) is 12.6 Å². The molecule has 1 aliphatic carbocycles. The van der Waals surface area contributed by atoms with Crippen molar-refractivity contribution in [2.45, 2.75) is 46.1 Å². The number of hydrogen-bond donors (Lipinski definition) is 1. The average molecular weight is 153 g/mol. The molecule has 2 aliphatic rings. The minimum absolute atomic E-state index is 0.584. The van der Waals surface area contributed by atoms with E-state index in [0.717, 1.165) is 6.04 Å². The molecule has 0 aromatic heterocycles. The van der Waals surface area contributed by atoms with Crippen LogP contribution in [0.3, 0.4) is 0 Å². The lowest BCUT2D eigenvalue weighted by Crippen LogP contribution is -2.33. The lowest BCUT2D eigenvalue weighted by atomic mass is 9.65. The summed E-state index contributed by atoms with van der Waals surface area (Å²) in [4.78, 5) is 0. The third-order valence-corrected chi connectivity index (χ3v) is 3.26. The van der Waals surface area contributed by atoms with Crippen molar-refractivity contribution in [3.63, 3.8) is 0 Å². The number of hydrogen-bond acceptors (Lipinski definition) is 1. The highest BCUT2D eigenvalue weighted by Crippen LogP contribution is 2.48. The second kappa shape index (κ2) is 2.01. The summed E-state index contributed by atoms with van der Waals surface area (Å²) < 4.78 is 0. The Kier molecular flexibility index (Phi) is 1.39. The average Bonchev–Trinajstić information content (AvgIpc) is 2.03. The third-order valence-electron chi connectivity index (χ3n) is 3.26. The van der Waals surface area contributed by atoms with Crippen molar-refractivity contribution in [3.8, 4) is 0 Å². The molecule has 0 spiro atoms. The summed E-state index contributed by atoms with van der Waals surface area (Å²) in [6.45, 7) is 8.50. The van der Waals surface area contributed by atoms with Crippen LogP contribution in [0.4, 0.5) is 0 Å². The molecule has 0 radical (unpaired) electrons. The molecular weight excluding hydrogens is 134 g/mol. The van der Waals surface area contributed by atoms with Crippen LogP contribution in [0.1, 0.15) is 40.0 Å². The molecule has 2 rings (SSSR count). The maximum Gasteiger partial charge on any atom is 0.00780 e. The van der Waals surface area contributed by atoms with Crippen molar-refractivity contribution < 1.29 is 0 Å². The Morgan fingerprint density at radius 1 is 1.18 bits per heavy atom. The van der Waals surface area contributed by atoms with E-state index in [-0.39, 0.29) is 0 Å². The number of rotatable bonds is 0. The first kappa shape index (κ1) is 7.60. The summed E-state index contributed by atoms with van der Waals surface area (Å²) >= 11 is 0. The van der Waals surface area contributed by atoms with Gasteiger partial charge in [0.2, 0.25) is 0 Å². The Balaban J connectivity index is 2.19. The first-order valence-corrected chi connectivity index (χ1v) is 4.73. The summed E-state index contributed by atoms with van der Waals surface area (Å²) in [5.74, 6) is 0. The number of nitrogens with one attached hydrogen (secondary N) is 1. The third kappa shape index (κ3) is 1.31. The Bertz CT molecular complexity index is 174. The Labute approximate surface area is 69.6 Å². The van der Waals surface area contributed by atoms with Gasteiger partial charge in [-0.05, 0) is 30.1 Å². The maximum atomic E-state index is 3.61. The van der Waals surface area contributed by atoms with Crippen molar-refractivity contribution in [3.05, 3.63) is 0 Å². The Morgan fingerprint density at radius 3 is 2.55 bits per heavy atom. The molecule has 64 valence electrons. The largest absolute Gasteiger partial charge is 0.313 e. The van der Waals surface area contributed by atoms with Gasteiger partial charge in [-0.15, -0.1) is 0 Å². The van der Waals surface area contributed by atoms with Crippen LogP contribution in [0, 0.1) is 10.8 Å². The van der Waals surface area contributed by atoms with Crippen LogP contribution >= 0.6 is 0 Å². The molecule has 2 bridgehead atoms. The molecule has 2 fully saturated rings. The van der Waals surface area contributed by atoms with E-state index in [9.17, 15) is 0 Å². The molecule has 0 unspecified atom stereocenters. The number of fused-ring (bicyclic) bond motifs is 2. The van der Waals surface area contributed by atoms with Crippen LogP contribution < -0.4 is 5.32 Å². The van der Waals surface area contributed by atoms with Crippen molar-refractivity contribution >= 4 is 0 Å². The van der Waals surface area contributed by atoms with E-state index in [0.29, 0.717) is 10.8 Å². The quantitative estimate of drug-likeness (QED) is 0.562. The molecule has 11 heavy (non-hydrogen) atoms. The maximum absolute atomic E-state index is 3.61. The van der Waals surface area contributed by atoms with Gasteiger partial charge in [0.05, 0.1) is 0 Å². The lowest BCUT2D eigenvalue weighted by Gasteiger charge is -2.39. The monoisotopic (exact) mass is 153 g/mol.